The molecule has 1 atom stereocenters. The van der Waals surface area contributed by atoms with E-state index in [4.69, 9.17) is 0 Å². The second kappa shape index (κ2) is 6.01. The first-order chi connectivity index (χ1) is 8.83. The molecule has 1 aromatic rings. The summed E-state index contributed by atoms with van der Waals surface area (Å²) < 4.78 is 37.3. The van der Waals surface area contributed by atoms with Crippen LogP contribution in [0.3, 0.4) is 0 Å². The average Bonchev–Trinajstić information content (AvgIpc) is 2.78. The van der Waals surface area contributed by atoms with Crippen molar-refractivity contribution in [2.45, 2.75) is 31.0 Å². The molecule has 1 saturated heterocycles. The summed E-state index contributed by atoms with van der Waals surface area (Å²) in [7, 11) is 0. The highest BCUT2D eigenvalue weighted by atomic mass is 35.5. The minimum absolute atomic E-state index is 0. The van der Waals surface area contributed by atoms with Crippen molar-refractivity contribution in [3.63, 3.8) is 0 Å². The molecule has 0 spiro atoms. The van der Waals surface area contributed by atoms with Gasteiger partial charge >= 0.3 is 12.1 Å². The molecular formula is C13H15ClF3NO2. The number of aliphatic carboxylic acids is 1. The highest BCUT2D eigenvalue weighted by Crippen LogP contribution is 2.30. The molecule has 0 amide bonds. The minimum atomic E-state index is -4.37. The summed E-state index contributed by atoms with van der Waals surface area (Å²) in [6, 6.07) is 4.65. The van der Waals surface area contributed by atoms with Crippen LogP contribution in [0.15, 0.2) is 24.3 Å². The lowest BCUT2D eigenvalue weighted by Crippen LogP contribution is -2.49. The third kappa shape index (κ3) is 3.43. The lowest BCUT2D eigenvalue weighted by molar-refractivity contribution is -0.144. The monoisotopic (exact) mass is 309 g/mol. The number of carboxylic acids is 1. The number of hydrogen-bond donors (Lipinski definition) is 2. The fourth-order valence-corrected chi connectivity index (χ4v) is 2.38. The SMILES string of the molecule is Cl.O=C(O)C1(Cc2ccc(C(F)(F)F)cc2)CCCN1. The smallest absolute Gasteiger partial charge is 0.416 e. The Hall–Kier alpha value is -1.27. The first kappa shape index (κ1) is 16.8. The van der Waals surface area contributed by atoms with Crippen LogP contribution in [0.2, 0.25) is 0 Å². The van der Waals surface area contributed by atoms with Crippen molar-refractivity contribution < 1.29 is 23.1 Å². The first-order valence-corrected chi connectivity index (χ1v) is 5.98. The Balaban J connectivity index is 0.00000200. The second-order valence-corrected chi connectivity index (χ2v) is 4.79. The zero-order valence-corrected chi connectivity index (χ0v) is 11.4. The van der Waals surface area contributed by atoms with E-state index < -0.39 is 23.2 Å². The van der Waals surface area contributed by atoms with E-state index in [-0.39, 0.29) is 18.8 Å². The molecule has 1 unspecified atom stereocenters. The molecule has 0 radical (unpaired) electrons. The maximum Gasteiger partial charge on any atom is 0.416 e. The third-order valence-electron chi connectivity index (χ3n) is 3.44. The Morgan fingerprint density at radius 2 is 1.90 bits per heavy atom. The van der Waals surface area contributed by atoms with E-state index in [1.807, 2.05) is 0 Å². The first-order valence-electron chi connectivity index (χ1n) is 5.98. The predicted molar refractivity (Wildman–Crippen MR) is 70.0 cm³/mol. The van der Waals surface area contributed by atoms with E-state index in [1.54, 1.807) is 0 Å². The summed E-state index contributed by atoms with van der Waals surface area (Å²) >= 11 is 0. The molecule has 7 heteroatoms. The number of hydrogen-bond acceptors (Lipinski definition) is 2. The summed E-state index contributed by atoms with van der Waals surface area (Å²) in [5, 5.41) is 12.2. The number of nitrogens with one attached hydrogen (secondary N) is 1. The van der Waals surface area contributed by atoms with Gasteiger partial charge in [-0.05, 0) is 37.1 Å². The summed E-state index contributed by atoms with van der Waals surface area (Å²) in [5.74, 6) is -0.954. The Kier molecular flexibility index (Phi) is 5.05. The van der Waals surface area contributed by atoms with Crippen LogP contribution in [-0.4, -0.2) is 23.2 Å². The maximum atomic E-state index is 12.4. The van der Waals surface area contributed by atoms with Gasteiger partial charge in [-0.1, -0.05) is 12.1 Å². The van der Waals surface area contributed by atoms with E-state index in [0.29, 0.717) is 18.5 Å². The van der Waals surface area contributed by atoms with Gasteiger partial charge in [0, 0.05) is 6.42 Å². The number of alkyl halides is 3. The van der Waals surface area contributed by atoms with Crippen molar-refractivity contribution in [1.29, 1.82) is 0 Å². The van der Waals surface area contributed by atoms with E-state index in [1.165, 1.54) is 12.1 Å². The van der Waals surface area contributed by atoms with Crippen LogP contribution in [-0.2, 0) is 17.4 Å². The fourth-order valence-electron chi connectivity index (χ4n) is 2.38. The highest BCUT2D eigenvalue weighted by Gasteiger charge is 2.41. The predicted octanol–water partition coefficient (Wildman–Crippen LogP) is 2.88. The molecule has 1 aliphatic heterocycles. The van der Waals surface area contributed by atoms with E-state index >= 15 is 0 Å². The topological polar surface area (TPSA) is 49.3 Å². The molecule has 0 saturated carbocycles. The van der Waals surface area contributed by atoms with Crippen LogP contribution in [0.25, 0.3) is 0 Å². The molecule has 2 N–H and O–H groups in total. The molecule has 1 fully saturated rings. The number of benzene rings is 1. The zero-order chi connectivity index (χ0) is 14.1. The number of halogens is 4. The summed E-state index contributed by atoms with van der Waals surface area (Å²) in [5.41, 5.74) is -1.18. The molecule has 1 aromatic carbocycles. The minimum Gasteiger partial charge on any atom is -0.480 e. The van der Waals surface area contributed by atoms with Crippen molar-refractivity contribution in [2.75, 3.05) is 6.54 Å². The van der Waals surface area contributed by atoms with E-state index in [2.05, 4.69) is 5.32 Å². The van der Waals surface area contributed by atoms with Crippen molar-refractivity contribution in [1.82, 2.24) is 5.32 Å². The Labute approximate surface area is 120 Å². The van der Waals surface area contributed by atoms with Gasteiger partial charge in [-0.15, -0.1) is 12.4 Å². The number of carbonyl (C=O) groups is 1. The average molecular weight is 310 g/mol. The summed E-state index contributed by atoms with van der Waals surface area (Å²) in [6.45, 7) is 0.618. The van der Waals surface area contributed by atoms with Gasteiger partial charge < -0.3 is 10.4 Å². The van der Waals surface area contributed by atoms with E-state index in [9.17, 15) is 23.1 Å². The van der Waals surface area contributed by atoms with Gasteiger partial charge in [0.05, 0.1) is 5.56 Å². The van der Waals surface area contributed by atoms with Gasteiger partial charge in [0.25, 0.3) is 0 Å². The third-order valence-corrected chi connectivity index (χ3v) is 3.44. The van der Waals surface area contributed by atoms with Crippen molar-refractivity contribution in [3.05, 3.63) is 35.4 Å². The Bertz CT molecular complexity index is 467. The lowest BCUT2D eigenvalue weighted by atomic mass is 9.89. The second-order valence-electron chi connectivity index (χ2n) is 4.79. The van der Waals surface area contributed by atoms with Gasteiger partial charge in [-0.2, -0.15) is 13.2 Å². The van der Waals surface area contributed by atoms with Crippen LogP contribution < -0.4 is 5.32 Å². The molecule has 20 heavy (non-hydrogen) atoms. The van der Waals surface area contributed by atoms with Crippen LogP contribution in [0.4, 0.5) is 13.2 Å². The quantitative estimate of drug-likeness (QED) is 0.902. The summed E-state index contributed by atoms with van der Waals surface area (Å²) in [4.78, 5) is 11.3. The summed E-state index contributed by atoms with van der Waals surface area (Å²) in [6.07, 6.45) is -2.93. The maximum absolute atomic E-state index is 12.4. The molecule has 0 aliphatic carbocycles. The van der Waals surface area contributed by atoms with Crippen LogP contribution in [0, 0.1) is 0 Å². The molecule has 2 rings (SSSR count). The molecule has 112 valence electrons. The number of carboxylic acid groups (broad SMARTS) is 1. The lowest BCUT2D eigenvalue weighted by Gasteiger charge is -2.24. The molecule has 0 aromatic heterocycles. The van der Waals surface area contributed by atoms with E-state index in [0.717, 1.165) is 18.6 Å². The van der Waals surface area contributed by atoms with Crippen LogP contribution >= 0.6 is 12.4 Å². The fraction of sp³-hybridized carbons (Fsp3) is 0.462. The van der Waals surface area contributed by atoms with Crippen LogP contribution in [0.1, 0.15) is 24.0 Å². The van der Waals surface area contributed by atoms with Gasteiger partial charge in [-0.25, -0.2) is 0 Å². The number of rotatable bonds is 3. The van der Waals surface area contributed by atoms with Crippen molar-refractivity contribution in [2.24, 2.45) is 0 Å². The Morgan fingerprint density at radius 1 is 1.30 bits per heavy atom. The molecule has 3 nitrogen and oxygen atoms in total. The zero-order valence-electron chi connectivity index (χ0n) is 10.5. The van der Waals surface area contributed by atoms with Crippen molar-refractivity contribution in [3.8, 4) is 0 Å². The highest BCUT2D eigenvalue weighted by molar-refractivity contribution is 5.85. The molecule has 0 bridgehead atoms. The normalized spacial score (nSPS) is 22.4. The van der Waals surface area contributed by atoms with Gasteiger partial charge in [0.1, 0.15) is 5.54 Å². The molecular weight excluding hydrogens is 295 g/mol. The van der Waals surface area contributed by atoms with Gasteiger partial charge in [0.2, 0.25) is 0 Å². The molecule has 1 heterocycles. The van der Waals surface area contributed by atoms with Crippen LogP contribution in [0.5, 0.6) is 0 Å². The Morgan fingerprint density at radius 3 is 2.30 bits per heavy atom. The van der Waals surface area contributed by atoms with Gasteiger partial charge in [0.15, 0.2) is 0 Å². The largest absolute Gasteiger partial charge is 0.480 e. The standard InChI is InChI=1S/C13H14F3NO2.ClH/c14-13(15,16)10-4-2-9(3-5-10)8-12(11(18)19)6-1-7-17-12;/h2-5,17H,1,6-8H2,(H,18,19);1H. The molecule has 1 aliphatic rings. The van der Waals surface area contributed by atoms with Crippen molar-refractivity contribution >= 4 is 18.4 Å². The van der Waals surface area contributed by atoms with Gasteiger partial charge in [-0.3, -0.25) is 4.79 Å².